The number of esters is 1. The van der Waals surface area contributed by atoms with Gasteiger partial charge >= 0.3 is 5.97 Å². The number of carbonyl (C=O) groups is 1. The van der Waals surface area contributed by atoms with Crippen molar-refractivity contribution in [2.75, 3.05) is 6.61 Å². The Morgan fingerprint density at radius 2 is 1.54 bits per heavy atom. The molecule has 0 fully saturated rings. The Morgan fingerprint density at radius 1 is 0.902 bits per heavy atom. The zero-order chi connectivity index (χ0) is 29.3. The first-order valence-corrected chi connectivity index (χ1v) is 13.5. The quantitative estimate of drug-likeness (QED) is 0.190. The average Bonchev–Trinajstić information content (AvgIpc) is 3.35. The second kappa shape index (κ2) is 11.3. The predicted molar refractivity (Wildman–Crippen MR) is 156 cm³/mol. The molecule has 2 aromatic heterocycles. The molecule has 0 saturated carbocycles. The monoisotopic (exact) mass is 554 g/mol. The maximum absolute atomic E-state index is 15.4. The van der Waals surface area contributed by atoms with E-state index < -0.39 is 23.5 Å². The lowest BCUT2D eigenvalue weighted by molar-refractivity contribution is -0.166. The minimum absolute atomic E-state index is 0.172. The summed E-state index contributed by atoms with van der Waals surface area (Å²) in [6.07, 6.45) is 2.59. The van der Waals surface area contributed by atoms with E-state index in [1.165, 1.54) is 12.1 Å². The van der Waals surface area contributed by atoms with Crippen LogP contribution in [0.5, 0.6) is 0 Å². The molecule has 0 unspecified atom stereocenters. The van der Waals surface area contributed by atoms with E-state index in [-0.39, 0.29) is 12.4 Å². The Labute approximate surface area is 238 Å². The zero-order valence-corrected chi connectivity index (χ0v) is 23.7. The highest BCUT2D eigenvalue weighted by atomic mass is 19.1. The Bertz CT molecular complexity index is 1740. The third kappa shape index (κ3) is 5.77. The van der Waals surface area contributed by atoms with Gasteiger partial charge in [-0.2, -0.15) is 0 Å². The van der Waals surface area contributed by atoms with E-state index >= 15 is 4.39 Å². The summed E-state index contributed by atoms with van der Waals surface area (Å²) in [4.78, 5) is 18.2. The summed E-state index contributed by atoms with van der Waals surface area (Å²) >= 11 is 0. The van der Waals surface area contributed by atoms with Crippen LogP contribution in [0.1, 0.15) is 44.9 Å². The largest absolute Gasteiger partial charge is 0.464 e. The number of hydrogen-bond donors (Lipinski definition) is 0. The molecule has 7 heteroatoms. The molecule has 0 bridgehead atoms. The summed E-state index contributed by atoms with van der Waals surface area (Å²) in [5.41, 5.74) is 4.27. The van der Waals surface area contributed by atoms with Crippen LogP contribution in [0, 0.1) is 18.6 Å². The van der Waals surface area contributed by atoms with E-state index in [9.17, 15) is 9.18 Å². The maximum Gasteiger partial charge on any atom is 0.339 e. The van der Waals surface area contributed by atoms with Gasteiger partial charge in [-0.1, -0.05) is 54.6 Å². The van der Waals surface area contributed by atoms with Crippen LogP contribution in [-0.2, 0) is 14.3 Å². The topological polar surface area (TPSA) is 52.8 Å². The van der Waals surface area contributed by atoms with Crippen molar-refractivity contribution in [1.29, 1.82) is 0 Å². The summed E-state index contributed by atoms with van der Waals surface area (Å²) in [5.74, 6) is -1.33. The molecule has 2 heterocycles. The van der Waals surface area contributed by atoms with Crippen LogP contribution in [0.4, 0.5) is 8.78 Å². The molecule has 5 nitrogen and oxygen atoms in total. The van der Waals surface area contributed by atoms with Crippen molar-refractivity contribution in [3.63, 3.8) is 0 Å². The summed E-state index contributed by atoms with van der Waals surface area (Å²) in [6, 6.07) is 20.5. The van der Waals surface area contributed by atoms with Crippen molar-refractivity contribution in [2.24, 2.45) is 0 Å². The molecule has 0 aliphatic rings. The molecule has 5 aromatic rings. The fourth-order valence-electron chi connectivity index (χ4n) is 5.02. The first-order chi connectivity index (χ1) is 19.6. The van der Waals surface area contributed by atoms with Gasteiger partial charge in [-0.25, -0.2) is 18.6 Å². The van der Waals surface area contributed by atoms with Crippen LogP contribution in [-0.4, -0.2) is 27.6 Å². The molecule has 1 atom stereocenters. The van der Waals surface area contributed by atoms with Gasteiger partial charge in [0.05, 0.1) is 17.9 Å². The molecule has 0 N–H and O–H groups in total. The number of aryl methyl sites for hydroxylation is 1. The van der Waals surface area contributed by atoms with Gasteiger partial charge < -0.3 is 13.9 Å². The number of halogens is 2. The Hall–Kier alpha value is -4.36. The molecule has 0 radical (unpaired) electrons. The van der Waals surface area contributed by atoms with Gasteiger partial charge in [-0.05, 0) is 63.9 Å². The number of ether oxygens (including phenoxy) is 2. The fourth-order valence-corrected chi connectivity index (χ4v) is 5.02. The first-order valence-electron chi connectivity index (χ1n) is 13.5. The van der Waals surface area contributed by atoms with Crippen molar-refractivity contribution in [2.45, 2.75) is 46.3 Å². The van der Waals surface area contributed by atoms with Crippen molar-refractivity contribution >= 4 is 11.6 Å². The number of aromatic nitrogens is 2. The van der Waals surface area contributed by atoms with E-state index in [1.807, 2.05) is 68.8 Å². The molecule has 3 aromatic carbocycles. The van der Waals surface area contributed by atoms with Crippen LogP contribution in [0.15, 0.2) is 85.2 Å². The van der Waals surface area contributed by atoms with Gasteiger partial charge in [0.1, 0.15) is 17.3 Å². The average molecular weight is 555 g/mol. The molecule has 0 aliphatic carbocycles. The van der Waals surface area contributed by atoms with Gasteiger partial charge in [0.2, 0.25) is 0 Å². The molecule has 0 amide bonds. The third-order valence-corrected chi connectivity index (χ3v) is 6.70. The second-order valence-electron chi connectivity index (χ2n) is 10.9. The first kappa shape index (κ1) is 28.2. The molecule has 5 rings (SSSR count). The Morgan fingerprint density at radius 3 is 2.17 bits per heavy atom. The Kier molecular flexibility index (Phi) is 7.74. The van der Waals surface area contributed by atoms with E-state index in [2.05, 4.69) is 0 Å². The fraction of sp³-hybridized carbons (Fsp3) is 0.235. The SMILES string of the molecule is CCOC(=O)[C@@H](OC(C)(C)C)c1c(C)cn2cc(-c3cccc(-c4ccccc4F)c3)nc2c1-c1ccccc1F. The van der Waals surface area contributed by atoms with E-state index in [0.29, 0.717) is 44.7 Å². The lowest BCUT2D eigenvalue weighted by Crippen LogP contribution is -2.30. The molecule has 0 aliphatic heterocycles. The van der Waals surface area contributed by atoms with Crippen LogP contribution in [0.2, 0.25) is 0 Å². The molecular weight excluding hydrogens is 522 g/mol. The lowest BCUT2D eigenvalue weighted by Gasteiger charge is -2.29. The number of benzene rings is 3. The highest BCUT2D eigenvalue weighted by Crippen LogP contribution is 2.40. The summed E-state index contributed by atoms with van der Waals surface area (Å²) in [5, 5.41) is 0. The maximum atomic E-state index is 15.4. The van der Waals surface area contributed by atoms with Crippen molar-refractivity contribution in [3.8, 4) is 33.5 Å². The van der Waals surface area contributed by atoms with Crippen molar-refractivity contribution in [3.05, 3.63) is 108 Å². The minimum atomic E-state index is -1.11. The highest BCUT2D eigenvalue weighted by Gasteiger charge is 2.34. The van der Waals surface area contributed by atoms with Crippen molar-refractivity contribution < 1.29 is 23.0 Å². The van der Waals surface area contributed by atoms with Crippen LogP contribution in [0.3, 0.4) is 0 Å². The normalized spacial score (nSPS) is 12.5. The summed E-state index contributed by atoms with van der Waals surface area (Å²) in [7, 11) is 0. The predicted octanol–water partition coefficient (Wildman–Crippen LogP) is 8.34. The number of hydrogen-bond acceptors (Lipinski definition) is 4. The number of pyridine rings is 1. The van der Waals surface area contributed by atoms with Gasteiger partial charge in [-0.3, -0.25) is 0 Å². The van der Waals surface area contributed by atoms with Crippen LogP contribution in [0.25, 0.3) is 39.2 Å². The summed E-state index contributed by atoms with van der Waals surface area (Å²) in [6.45, 7) is 9.32. The number of carbonyl (C=O) groups excluding carboxylic acids is 1. The van der Waals surface area contributed by atoms with E-state index in [1.54, 1.807) is 43.3 Å². The third-order valence-electron chi connectivity index (χ3n) is 6.70. The van der Waals surface area contributed by atoms with Gasteiger partial charge in [0.25, 0.3) is 0 Å². The molecular formula is C34H32F2N2O3. The van der Waals surface area contributed by atoms with Crippen LogP contribution < -0.4 is 0 Å². The van der Waals surface area contributed by atoms with Crippen LogP contribution >= 0.6 is 0 Å². The number of nitrogens with zero attached hydrogens (tertiary/aromatic N) is 2. The highest BCUT2D eigenvalue weighted by molar-refractivity contribution is 5.89. The Balaban J connectivity index is 1.76. The zero-order valence-electron chi connectivity index (χ0n) is 23.7. The number of rotatable bonds is 7. The number of fused-ring (bicyclic) bond motifs is 1. The molecule has 210 valence electrons. The smallest absolute Gasteiger partial charge is 0.339 e. The number of imidazole rings is 1. The van der Waals surface area contributed by atoms with Gasteiger partial charge in [0, 0.05) is 40.2 Å². The van der Waals surface area contributed by atoms with E-state index in [0.717, 1.165) is 5.56 Å². The van der Waals surface area contributed by atoms with Gasteiger partial charge in [0.15, 0.2) is 6.10 Å². The second-order valence-corrected chi connectivity index (χ2v) is 10.9. The standard InChI is InChI=1S/C34H32F2N2O3/c1-6-40-33(39)31(41-34(3,4)5)29-21(2)19-38-20-28(37-32(38)30(29)25-15-8-10-17-27(25)36)23-13-11-12-22(18-23)24-14-7-9-16-26(24)35/h7-20,31H,6H2,1-5H3/t31-/m0/s1. The van der Waals surface area contributed by atoms with E-state index in [4.69, 9.17) is 14.5 Å². The molecule has 0 saturated heterocycles. The minimum Gasteiger partial charge on any atom is -0.464 e. The van der Waals surface area contributed by atoms with Crippen molar-refractivity contribution in [1.82, 2.24) is 9.38 Å². The van der Waals surface area contributed by atoms with Gasteiger partial charge in [-0.15, -0.1) is 0 Å². The molecule has 41 heavy (non-hydrogen) atoms. The molecule has 0 spiro atoms. The summed E-state index contributed by atoms with van der Waals surface area (Å²) < 4.78 is 43.5. The lowest BCUT2D eigenvalue weighted by atomic mass is 9.93.